The molecule has 1 aliphatic carbocycles. The highest BCUT2D eigenvalue weighted by Crippen LogP contribution is 2.46. The minimum atomic E-state index is -0.178. The summed E-state index contributed by atoms with van der Waals surface area (Å²) in [6, 6.07) is 14.1. The lowest BCUT2D eigenvalue weighted by Gasteiger charge is -2.36. The second-order valence-electron chi connectivity index (χ2n) is 6.30. The van der Waals surface area contributed by atoms with Gasteiger partial charge in [0.05, 0.1) is 12.7 Å². The van der Waals surface area contributed by atoms with E-state index in [1.54, 1.807) is 12.1 Å². The quantitative estimate of drug-likeness (QED) is 0.869. The van der Waals surface area contributed by atoms with E-state index in [9.17, 15) is 4.39 Å². The molecule has 4 rings (SSSR count). The zero-order valence-corrected chi connectivity index (χ0v) is 12.7. The first-order valence-electron chi connectivity index (χ1n) is 7.91. The summed E-state index contributed by atoms with van der Waals surface area (Å²) in [7, 11) is 1.98. The number of hydrogen-bond donors (Lipinski definition) is 1. The maximum absolute atomic E-state index is 13.8. The predicted molar refractivity (Wildman–Crippen MR) is 84.5 cm³/mol. The van der Waals surface area contributed by atoms with Crippen molar-refractivity contribution in [2.45, 2.75) is 30.9 Å². The van der Waals surface area contributed by atoms with Gasteiger partial charge >= 0.3 is 0 Å². The van der Waals surface area contributed by atoms with Gasteiger partial charge < -0.3 is 10.1 Å². The normalized spacial score (nSPS) is 26.5. The molecule has 0 bridgehead atoms. The van der Waals surface area contributed by atoms with E-state index in [-0.39, 0.29) is 17.8 Å². The van der Waals surface area contributed by atoms with Crippen LogP contribution in [0.25, 0.3) is 0 Å². The van der Waals surface area contributed by atoms with Gasteiger partial charge in [-0.3, -0.25) is 0 Å². The molecule has 0 saturated carbocycles. The summed E-state index contributed by atoms with van der Waals surface area (Å²) in [4.78, 5) is 0. The van der Waals surface area contributed by atoms with Gasteiger partial charge in [-0.05, 0) is 54.3 Å². The van der Waals surface area contributed by atoms with Crippen molar-refractivity contribution < 1.29 is 9.13 Å². The lowest BCUT2D eigenvalue weighted by Crippen LogP contribution is -2.39. The highest BCUT2D eigenvalue weighted by Gasteiger charge is 2.37. The molecule has 0 amide bonds. The third kappa shape index (κ3) is 2.25. The van der Waals surface area contributed by atoms with Crippen LogP contribution < -0.4 is 5.32 Å². The number of likely N-dealkylation sites (N-methyl/N-ethyl adjacent to an activating group) is 1. The molecule has 3 heteroatoms. The molecule has 0 aromatic heterocycles. The second-order valence-corrected chi connectivity index (χ2v) is 6.30. The minimum Gasteiger partial charge on any atom is -0.371 e. The maximum Gasteiger partial charge on any atom is 0.123 e. The van der Waals surface area contributed by atoms with Crippen molar-refractivity contribution in [1.29, 1.82) is 0 Å². The topological polar surface area (TPSA) is 21.3 Å². The fourth-order valence-corrected chi connectivity index (χ4v) is 3.89. The lowest BCUT2D eigenvalue weighted by atomic mass is 9.82. The van der Waals surface area contributed by atoms with Crippen LogP contribution in [-0.2, 0) is 11.2 Å². The van der Waals surface area contributed by atoms with Gasteiger partial charge in [0.1, 0.15) is 5.82 Å². The van der Waals surface area contributed by atoms with E-state index in [0.717, 1.165) is 18.4 Å². The molecular weight excluding hydrogens is 277 g/mol. The molecule has 22 heavy (non-hydrogen) atoms. The first kappa shape index (κ1) is 13.9. The molecule has 0 spiro atoms. The van der Waals surface area contributed by atoms with Crippen LogP contribution >= 0.6 is 0 Å². The van der Waals surface area contributed by atoms with Gasteiger partial charge in [-0.1, -0.05) is 30.3 Å². The van der Waals surface area contributed by atoms with Crippen LogP contribution in [0.3, 0.4) is 0 Å². The molecule has 114 valence electrons. The van der Waals surface area contributed by atoms with Crippen molar-refractivity contribution in [3.8, 4) is 0 Å². The van der Waals surface area contributed by atoms with E-state index >= 15 is 0 Å². The Bertz CT molecular complexity index is 700. The minimum absolute atomic E-state index is 0.0426. The van der Waals surface area contributed by atoms with Gasteiger partial charge in [0.15, 0.2) is 0 Å². The van der Waals surface area contributed by atoms with Crippen LogP contribution in [0, 0.1) is 5.82 Å². The second kappa shape index (κ2) is 5.49. The molecule has 2 aliphatic rings. The highest BCUT2D eigenvalue weighted by molar-refractivity contribution is 5.44. The smallest absolute Gasteiger partial charge is 0.123 e. The van der Waals surface area contributed by atoms with Gasteiger partial charge in [-0.2, -0.15) is 0 Å². The van der Waals surface area contributed by atoms with Crippen LogP contribution in [0.5, 0.6) is 0 Å². The van der Waals surface area contributed by atoms with Gasteiger partial charge in [0, 0.05) is 12.0 Å². The Hall–Kier alpha value is -1.71. The van der Waals surface area contributed by atoms with Crippen LogP contribution in [0.4, 0.5) is 4.39 Å². The molecule has 1 N–H and O–H groups in total. The van der Waals surface area contributed by atoms with Crippen molar-refractivity contribution >= 4 is 0 Å². The summed E-state index contributed by atoms with van der Waals surface area (Å²) in [5.41, 5.74) is 4.90. The summed E-state index contributed by atoms with van der Waals surface area (Å²) in [6.07, 6.45) is 1.83. The molecule has 3 unspecified atom stereocenters. The number of nitrogens with one attached hydrogen (secondary N) is 1. The van der Waals surface area contributed by atoms with Crippen LogP contribution in [0.15, 0.2) is 42.5 Å². The Morgan fingerprint density at radius 3 is 2.77 bits per heavy atom. The molecule has 2 aromatic rings. The molecular formula is C19H20FNO. The van der Waals surface area contributed by atoms with E-state index in [0.29, 0.717) is 12.6 Å². The molecule has 2 nitrogen and oxygen atoms in total. The van der Waals surface area contributed by atoms with E-state index in [1.807, 2.05) is 13.1 Å². The van der Waals surface area contributed by atoms with Gasteiger partial charge in [0.25, 0.3) is 0 Å². The monoisotopic (exact) mass is 297 g/mol. The summed E-state index contributed by atoms with van der Waals surface area (Å²) in [6.45, 7) is 0.676. The van der Waals surface area contributed by atoms with Crippen molar-refractivity contribution in [3.05, 3.63) is 70.5 Å². The standard InChI is InChI=1S/C19H20FNO/c1-21-15-10-18-16-5-3-2-4-12(16)8-13-6-7-14(20)9-17(13)19(18)22-11-15/h2-7,9,15,18-19,21H,8,10-11H2,1H3. The Balaban J connectivity index is 1.87. The SMILES string of the molecule is CNC1COC2c3cc(F)ccc3Cc3ccccc3C2C1. The number of benzene rings is 2. The van der Waals surface area contributed by atoms with Crippen LogP contribution in [0.2, 0.25) is 0 Å². The first-order chi connectivity index (χ1) is 10.8. The molecule has 2 aromatic carbocycles. The average molecular weight is 297 g/mol. The van der Waals surface area contributed by atoms with Crippen LogP contribution in [0.1, 0.15) is 40.7 Å². The number of fused-ring (bicyclic) bond motifs is 5. The van der Waals surface area contributed by atoms with Gasteiger partial charge in [-0.25, -0.2) is 4.39 Å². The average Bonchev–Trinajstić information content (AvgIpc) is 2.69. The predicted octanol–water partition coefficient (Wildman–Crippen LogP) is 3.56. The summed E-state index contributed by atoms with van der Waals surface area (Å²) < 4.78 is 20.0. The molecule has 1 saturated heterocycles. The number of rotatable bonds is 1. The summed E-state index contributed by atoms with van der Waals surface area (Å²) >= 11 is 0. The van der Waals surface area contributed by atoms with Crippen molar-refractivity contribution in [2.24, 2.45) is 0 Å². The van der Waals surface area contributed by atoms with E-state index in [2.05, 4.69) is 29.6 Å². The van der Waals surface area contributed by atoms with Crippen molar-refractivity contribution in [1.82, 2.24) is 5.32 Å². The molecule has 1 aliphatic heterocycles. The molecule has 3 atom stereocenters. The fraction of sp³-hybridized carbons (Fsp3) is 0.368. The summed E-state index contributed by atoms with van der Waals surface area (Å²) in [5.74, 6) is 0.105. The Morgan fingerprint density at radius 2 is 1.91 bits per heavy atom. The van der Waals surface area contributed by atoms with Gasteiger partial charge in [0.2, 0.25) is 0 Å². The third-order valence-electron chi connectivity index (χ3n) is 5.04. The Labute approximate surface area is 130 Å². The molecule has 0 radical (unpaired) electrons. The van der Waals surface area contributed by atoms with Crippen molar-refractivity contribution in [2.75, 3.05) is 13.7 Å². The van der Waals surface area contributed by atoms with E-state index in [1.165, 1.54) is 16.7 Å². The number of hydrogen-bond acceptors (Lipinski definition) is 2. The van der Waals surface area contributed by atoms with Gasteiger partial charge in [-0.15, -0.1) is 0 Å². The lowest BCUT2D eigenvalue weighted by molar-refractivity contribution is -0.0190. The Morgan fingerprint density at radius 1 is 1.09 bits per heavy atom. The molecule has 1 heterocycles. The zero-order chi connectivity index (χ0) is 15.1. The van der Waals surface area contributed by atoms with E-state index < -0.39 is 0 Å². The highest BCUT2D eigenvalue weighted by atomic mass is 19.1. The third-order valence-corrected chi connectivity index (χ3v) is 5.04. The largest absolute Gasteiger partial charge is 0.371 e. The van der Waals surface area contributed by atoms with E-state index in [4.69, 9.17) is 4.74 Å². The summed E-state index contributed by atoms with van der Waals surface area (Å²) in [5, 5.41) is 3.32. The number of halogens is 1. The molecule has 1 fully saturated rings. The zero-order valence-electron chi connectivity index (χ0n) is 12.7. The Kier molecular flexibility index (Phi) is 3.47. The first-order valence-corrected chi connectivity index (χ1v) is 7.91. The fourth-order valence-electron chi connectivity index (χ4n) is 3.89. The number of ether oxygens (including phenoxy) is 1. The van der Waals surface area contributed by atoms with Crippen molar-refractivity contribution in [3.63, 3.8) is 0 Å². The maximum atomic E-state index is 13.8. The van der Waals surface area contributed by atoms with Crippen LogP contribution in [-0.4, -0.2) is 19.7 Å².